The molecule has 0 spiro atoms. The molecule has 3 fully saturated rings. The summed E-state index contributed by atoms with van der Waals surface area (Å²) in [7, 11) is 0. The molecule has 1 unspecified atom stereocenters. The number of rotatable bonds is 37. The highest BCUT2D eigenvalue weighted by atomic mass is 127. The molecular formula is C64H92FIN14O12. The minimum atomic E-state index is -1.66. The van der Waals surface area contributed by atoms with Crippen LogP contribution >= 0.6 is 22.6 Å². The third kappa shape index (κ3) is 27.6. The van der Waals surface area contributed by atoms with E-state index in [-0.39, 0.29) is 63.8 Å². The summed E-state index contributed by atoms with van der Waals surface area (Å²) >= 11 is 2.27. The van der Waals surface area contributed by atoms with Gasteiger partial charge in [-0.3, -0.25) is 73.3 Å². The number of carbonyl (C=O) groups is 8. The molecule has 0 bridgehead atoms. The normalized spacial score (nSPS) is 18.7. The van der Waals surface area contributed by atoms with E-state index in [1.807, 2.05) is 25.7 Å². The van der Waals surface area contributed by atoms with E-state index >= 15 is 0 Å². The fraction of sp³-hybridized carbons (Fsp3) is 0.609. The van der Waals surface area contributed by atoms with Crippen molar-refractivity contribution < 1.29 is 62.1 Å². The molecule has 2 aromatic carbocycles. The first-order chi connectivity index (χ1) is 44.5. The Hall–Kier alpha value is -7.17. The van der Waals surface area contributed by atoms with E-state index in [0.29, 0.717) is 152 Å². The van der Waals surface area contributed by atoms with Gasteiger partial charge in [0.1, 0.15) is 37.1 Å². The molecular weight excluding hydrogens is 1300 g/mol. The van der Waals surface area contributed by atoms with Gasteiger partial charge in [0.05, 0.1) is 49.9 Å². The molecule has 92 heavy (non-hydrogen) atoms. The van der Waals surface area contributed by atoms with Gasteiger partial charge < -0.3 is 45.1 Å². The number of piperazine rings is 1. The maximum absolute atomic E-state index is 14.6. The number of carbonyl (C=O) groups excluding carboxylic acids is 7. The number of fused-ring (bicyclic) bond motifs is 1. The lowest BCUT2D eigenvalue weighted by Crippen LogP contribution is -2.51. The van der Waals surface area contributed by atoms with Crippen molar-refractivity contribution in [2.75, 3.05) is 138 Å². The number of aromatic nitrogens is 1. The molecule has 3 saturated heterocycles. The zero-order chi connectivity index (χ0) is 65.9. The first-order valence-corrected chi connectivity index (χ1v) is 33.1. The Labute approximate surface area is 552 Å². The molecule has 3 atom stereocenters. The lowest BCUT2D eigenvalue weighted by molar-refractivity contribution is -0.139. The van der Waals surface area contributed by atoms with Crippen LogP contribution in [0.15, 0.2) is 59.8 Å². The number of aliphatic carboxylic acids is 1. The Morgan fingerprint density at radius 3 is 2.12 bits per heavy atom. The third-order valence-electron chi connectivity index (χ3n) is 16.4. The van der Waals surface area contributed by atoms with E-state index in [0.717, 1.165) is 68.2 Å². The molecule has 504 valence electrons. The van der Waals surface area contributed by atoms with E-state index in [1.54, 1.807) is 35.4 Å². The predicted molar refractivity (Wildman–Crippen MR) is 350 cm³/mol. The van der Waals surface area contributed by atoms with E-state index < -0.39 is 35.7 Å². The van der Waals surface area contributed by atoms with Gasteiger partial charge in [0, 0.05) is 126 Å². The van der Waals surface area contributed by atoms with Crippen LogP contribution in [-0.4, -0.2) is 255 Å². The van der Waals surface area contributed by atoms with Crippen molar-refractivity contribution in [3.8, 4) is 11.8 Å². The minimum absolute atomic E-state index is 0.00230. The average Bonchev–Trinajstić information content (AvgIpc) is 1.24. The Kier molecular flexibility index (Phi) is 32.7. The number of likely N-dealkylation sites (tertiary alicyclic amines) is 1. The summed E-state index contributed by atoms with van der Waals surface area (Å²) in [6, 6.07) is 16.2. The van der Waals surface area contributed by atoms with E-state index in [2.05, 4.69) is 83.2 Å². The minimum Gasteiger partial charge on any atom is -0.494 e. The predicted octanol–water partition coefficient (Wildman–Crippen LogP) is 3.57. The summed E-state index contributed by atoms with van der Waals surface area (Å²) in [5.74, 6) is -1.57. The van der Waals surface area contributed by atoms with Crippen molar-refractivity contribution in [3.05, 3.63) is 69.4 Å². The summed E-state index contributed by atoms with van der Waals surface area (Å²) in [6.45, 7) is 9.28. The third-order valence-corrected chi connectivity index (χ3v) is 17.1. The number of amides is 5. The van der Waals surface area contributed by atoms with Crippen LogP contribution in [0.25, 0.3) is 10.9 Å². The number of unbranched alkanes of at least 4 members (excludes halogenated alkanes) is 5. The van der Waals surface area contributed by atoms with Crippen molar-refractivity contribution in [3.63, 3.8) is 0 Å². The second-order valence-corrected chi connectivity index (χ2v) is 25.0. The molecule has 5 N–H and O–H groups in total. The summed E-state index contributed by atoms with van der Waals surface area (Å²) in [4.78, 5) is 117. The fourth-order valence-electron chi connectivity index (χ4n) is 11.2. The first-order valence-electron chi connectivity index (χ1n) is 32.0. The Morgan fingerprint density at radius 2 is 1.45 bits per heavy atom. The molecule has 3 aliphatic heterocycles. The maximum atomic E-state index is 14.6. The monoisotopic (exact) mass is 1390 g/mol. The van der Waals surface area contributed by atoms with Crippen molar-refractivity contribution in [1.29, 1.82) is 5.26 Å². The van der Waals surface area contributed by atoms with Gasteiger partial charge in [0.2, 0.25) is 23.6 Å². The average molecular weight is 1400 g/mol. The number of hydrogen-bond acceptors (Lipinski definition) is 20. The first kappa shape index (κ1) is 73.9. The van der Waals surface area contributed by atoms with Crippen LogP contribution in [0.1, 0.15) is 106 Å². The number of alkyl halides is 1. The molecule has 5 amide bonds. The van der Waals surface area contributed by atoms with Crippen LogP contribution in [0.3, 0.4) is 0 Å². The molecule has 3 aliphatic rings. The molecule has 0 radical (unpaired) electrons. The quantitative estimate of drug-likeness (QED) is 0.0138. The van der Waals surface area contributed by atoms with E-state index in [1.165, 1.54) is 23.6 Å². The number of nitrogens with one attached hydrogen (secondary N) is 4. The number of benzene rings is 2. The number of ether oxygens (including phenoxy) is 3. The molecule has 28 heteroatoms. The largest absolute Gasteiger partial charge is 0.494 e. The van der Waals surface area contributed by atoms with Gasteiger partial charge in [-0.2, -0.15) is 10.4 Å². The van der Waals surface area contributed by atoms with Crippen molar-refractivity contribution in [1.82, 2.24) is 60.7 Å². The lowest BCUT2D eigenvalue weighted by atomic mass is 10.1. The molecule has 26 nitrogen and oxygen atoms in total. The zero-order valence-electron chi connectivity index (χ0n) is 53.0. The van der Waals surface area contributed by atoms with Crippen molar-refractivity contribution in [2.45, 2.75) is 115 Å². The zero-order valence-corrected chi connectivity index (χ0v) is 55.2. The van der Waals surface area contributed by atoms with Crippen molar-refractivity contribution >= 4 is 88.2 Å². The standard InChI is InChI=1S/C64H92FIN14O12/c1-64(65)40-52(41-67)80(45-64)61(86)42-70-63(89)54-21-24-68-56-20-19-53(39-55(54)56)92-38-9-8-25-74-34-36-79(37-35-74)60(85)14-4-2-3-6-23-71-73-57(12-5-7-22-69-58(83)13-10-11-50-15-17-51(66)18-16-50)72-59(84)43-75-26-27-76(44-62(87)88)29-31-78(47-91-49-82)33-32-77(30-28-75)46-90-48-81/h15-21,23-24,39,48-49,52,57,73H,2-14,22,25-38,40,42-47H2,1H3,(H,69,83)(H,70,89)(H,72,84)(H,87,88)/b71-23+/t52-,57-,64?/m1/s1. The Morgan fingerprint density at radius 1 is 0.772 bits per heavy atom. The van der Waals surface area contributed by atoms with Gasteiger partial charge in [-0.1, -0.05) is 18.6 Å². The Bertz CT molecular complexity index is 2900. The summed E-state index contributed by atoms with van der Waals surface area (Å²) in [6.07, 6.45) is 11.8. The van der Waals surface area contributed by atoms with Gasteiger partial charge in [0.15, 0.2) is 0 Å². The number of pyridine rings is 1. The highest BCUT2D eigenvalue weighted by molar-refractivity contribution is 14.1. The Balaban J connectivity index is 0.892. The van der Waals surface area contributed by atoms with Crippen LogP contribution in [0.5, 0.6) is 5.75 Å². The second kappa shape index (κ2) is 40.7. The maximum Gasteiger partial charge on any atom is 0.317 e. The molecule has 0 aliphatic carbocycles. The summed E-state index contributed by atoms with van der Waals surface area (Å²) in [5.41, 5.74) is 3.55. The highest BCUT2D eigenvalue weighted by Gasteiger charge is 2.43. The number of carboxylic acids is 1. The molecule has 1 aromatic heterocycles. The van der Waals surface area contributed by atoms with E-state index in [4.69, 9.17) is 14.2 Å². The number of aryl methyl sites for hydroxylation is 1. The van der Waals surface area contributed by atoms with Crippen LogP contribution < -0.4 is 26.1 Å². The number of hydrazone groups is 1. The smallest absolute Gasteiger partial charge is 0.317 e. The van der Waals surface area contributed by atoms with Gasteiger partial charge >= 0.3 is 5.97 Å². The fourth-order valence-corrected chi connectivity index (χ4v) is 11.6. The molecule has 6 rings (SSSR count). The van der Waals surface area contributed by atoms with Crippen LogP contribution in [0.4, 0.5) is 4.39 Å². The van der Waals surface area contributed by atoms with Gasteiger partial charge in [-0.25, -0.2) is 4.39 Å². The van der Waals surface area contributed by atoms with E-state index in [9.17, 15) is 53.1 Å². The molecule has 0 saturated carbocycles. The molecule has 3 aromatic rings. The second-order valence-electron chi connectivity index (χ2n) is 23.7. The van der Waals surface area contributed by atoms with Gasteiger partial charge in [-0.05, 0) is 142 Å². The highest BCUT2D eigenvalue weighted by Crippen LogP contribution is 2.30. The SMILES string of the molecule is CC1(F)C[C@H](C#N)N(C(=O)CNC(=O)c2ccnc3ccc(OCCCCN4CCN(C(=O)CCCCC/C=N/N[C@H](CCCCNC(=O)CCCc5ccc(I)cc5)NC(=O)CN5CCN(COC=O)CCN(COC=O)CCN(CC(=O)O)CC5)CC4)cc23)C1. The number of nitrogens with zero attached hydrogens (tertiary/aromatic N) is 10. The van der Waals surface area contributed by atoms with Crippen LogP contribution in [0, 0.1) is 14.9 Å². The number of halogens is 2. The number of nitriles is 1. The number of hydrogen-bond donors (Lipinski definition) is 5. The lowest BCUT2D eigenvalue weighted by Gasteiger charge is -2.34. The summed E-state index contributed by atoms with van der Waals surface area (Å²) < 4.78 is 31.9. The summed E-state index contributed by atoms with van der Waals surface area (Å²) in [5, 5.41) is 32.9. The molecule has 4 heterocycles. The van der Waals surface area contributed by atoms with Crippen molar-refractivity contribution in [2.24, 2.45) is 5.10 Å². The van der Waals surface area contributed by atoms with Gasteiger partial charge in [0.25, 0.3) is 18.9 Å². The van der Waals surface area contributed by atoms with Gasteiger partial charge in [-0.15, -0.1) is 0 Å². The van der Waals surface area contributed by atoms with Crippen LogP contribution in [-0.2, 0) is 49.5 Å². The number of carboxylic acid groups (broad SMARTS) is 1. The van der Waals surface area contributed by atoms with Crippen LogP contribution in [0.2, 0.25) is 0 Å². The topological polar surface area (TPSA) is 304 Å².